The lowest BCUT2D eigenvalue weighted by molar-refractivity contribution is 0.102. The summed E-state index contributed by atoms with van der Waals surface area (Å²) in [5, 5.41) is 7.56. The van der Waals surface area contributed by atoms with Crippen LogP contribution in [0.3, 0.4) is 0 Å². The predicted molar refractivity (Wildman–Crippen MR) is 74.4 cm³/mol. The number of amides is 1. The minimum Gasteiger partial charge on any atom is -0.383 e. The highest BCUT2D eigenvalue weighted by atomic mass is 32.2. The number of nitrogens with two attached hydrogens (primary N) is 2. The first-order valence-electron chi connectivity index (χ1n) is 5.52. The van der Waals surface area contributed by atoms with E-state index in [-0.39, 0.29) is 16.3 Å². The van der Waals surface area contributed by atoms with Crippen molar-refractivity contribution in [3.63, 3.8) is 0 Å². The molecule has 1 aromatic carbocycles. The van der Waals surface area contributed by atoms with E-state index < -0.39 is 15.9 Å². The van der Waals surface area contributed by atoms with Crippen molar-refractivity contribution in [2.75, 3.05) is 11.1 Å². The third kappa shape index (κ3) is 3.11. The van der Waals surface area contributed by atoms with Crippen molar-refractivity contribution >= 4 is 27.4 Å². The average molecular weight is 292 g/mol. The van der Waals surface area contributed by atoms with Gasteiger partial charge in [-0.15, -0.1) is 0 Å². The smallest absolute Gasteiger partial charge is 0.259 e. The SMILES string of the molecule is Nc1ncccc1C(=O)Nc1ccc(S(N)(=O)=O)cc1. The number of carbonyl (C=O) groups is 1. The van der Waals surface area contributed by atoms with Gasteiger partial charge in [-0.05, 0) is 36.4 Å². The maximum atomic E-state index is 11.9. The van der Waals surface area contributed by atoms with E-state index in [2.05, 4.69) is 10.3 Å². The second kappa shape index (κ2) is 5.27. The number of hydrogen-bond donors (Lipinski definition) is 3. The van der Waals surface area contributed by atoms with Crippen LogP contribution < -0.4 is 16.2 Å². The lowest BCUT2D eigenvalue weighted by Gasteiger charge is -2.07. The van der Waals surface area contributed by atoms with Crippen LogP contribution in [0.15, 0.2) is 47.5 Å². The number of anilines is 2. The summed E-state index contributed by atoms with van der Waals surface area (Å²) in [5.41, 5.74) is 6.25. The normalized spacial score (nSPS) is 11.1. The van der Waals surface area contributed by atoms with Crippen molar-refractivity contribution < 1.29 is 13.2 Å². The van der Waals surface area contributed by atoms with Crippen LogP contribution in [0.4, 0.5) is 11.5 Å². The fourth-order valence-corrected chi connectivity index (χ4v) is 2.05. The molecule has 8 heteroatoms. The van der Waals surface area contributed by atoms with Crippen LogP contribution in [0.1, 0.15) is 10.4 Å². The molecular formula is C12H12N4O3S. The standard InChI is InChI=1S/C12H12N4O3S/c13-11-10(2-1-7-15-11)12(17)16-8-3-5-9(6-4-8)20(14,18)19/h1-7H,(H2,13,15)(H,16,17)(H2,14,18,19). The number of nitrogen functional groups attached to an aromatic ring is 1. The number of carbonyl (C=O) groups excluding carboxylic acids is 1. The van der Waals surface area contributed by atoms with E-state index in [1.54, 1.807) is 6.07 Å². The van der Waals surface area contributed by atoms with Gasteiger partial charge in [0.2, 0.25) is 10.0 Å². The highest BCUT2D eigenvalue weighted by molar-refractivity contribution is 7.89. The van der Waals surface area contributed by atoms with E-state index in [1.807, 2.05) is 0 Å². The van der Waals surface area contributed by atoms with Gasteiger partial charge in [0.15, 0.2) is 0 Å². The topological polar surface area (TPSA) is 128 Å². The van der Waals surface area contributed by atoms with Crippen molar-refractivity contribution in [1.29, 1.82) is 0 Å². The zero-order valence-corrected chi connectivity index (χ0v) is 11.1. The summed E-state index contributed by atoms with van der Waals surface area (Å²) in [5.74, 6) is -0.315. The van der Waals surface area contributed by atoms with E-state index in [4.69, 9.17) is 10.9 Å². The maximum absolute atomic E-state index is 11.9. The number of hydrogen-bond acceptors (Lipinski definition) is 5. The molecule has 0 unspecified atom stereocenters. The van der Waals surface area contributed by atoms with Gasteiger partial charge in [0.05, 0.1) is 10.5 Å². The molecule has 1 heterocycles. The number of aromatic nitrogens is 1. The number of pyridine rings is 1. The Morgan fingerprint density at radius 2 is 1.80 bits per heavy atom. The van der Waals surface area contributed by atoms with Gasteiger partial charge < -0.3 is 11.1 Å². The van der Waals surface area contributed by atoms with Crippen LogP contribution in [0, 0.1) is 0 Å². The van der Waals surface area contributed by atoms with E-state index in [0.717, 1.165) is 0 Å². The molecule has 5 N–H and O–H groups in total. The molecule has 0 saturated heterocycles. The van der Waals surface area contributed by atoms with Crippen molar-refractivity contribution in [3.8, 4) is 0 Å². The quantitative estimate of drug-likeness (QED) is 0.761. The van der Waals surface area contributed by atoms with Gasteiger partial charge in [0, 0.05) is 11.9 Å². The Hall–Kier alpha value is -2.45. The van der Waals surface area contributed by atoms with Gasteiger partial charge in [-0.25, -0.2) is 18.5 Å². The third-order valence-corrected chi connectivity index (χ3v) is 3.45. The van der Waals surface area contributed by atoms with E-state index in [1.165, 1.54) is 36.5 Å². The molecule has 0 aliphatic heterocycles. The van der Waals surface area contributed by atoms with Crippen molar-refractivity contribution in [2.24, 2.45) is 5.14 Å². The lowest BCUT2D eigenvalue weighted by Crippen LogP contribution is -2.15. The molecule has 0 aliphatic carbocycles. The summed E-state index contributed by atoms with van der Waals surface area (Å²) in [6.45, 7) is 0. The largest absolute Gasteiger partial charge is 0.383 e. The minimum atomic E-state index is -3.75. The van der Waals surface area contributed by atoms with Crippen LogP contribution in [0.2, 0.25) is 0 Å². The Labute approximate surface area is 115 Å². The Kier molecular flexibility index (Phi) is 3.68. The Morgan fingerprint density at radius 1 is 1.15 bits per heavy atom. The van der Waals surface area contributed by atoms with E-state index in [0.29, 0.717) is 5.69 Å². The van der Waals surface area contributed by atoms with Gasteiger partial charge in [0.1, 0.15) is 5.82 Å². The molecule has 2 aromatic rings. The summed E-state index contributed by atoms with van der Waals surface area (Å²) in [4.78, 5) is 15.7. The molecule has 1 aromatic heterocycles. The fraction of sp³-hybridized carbons (Fsp3) is 0. The van der Waals surface area contributed by atoms with E-state index in [9.17, 15) is 13.2 Å². The zero-order chi connectivity index (χ0) is 14.8. The van der Waals surface area contributed by atoms with Crippen LogP contribution in [-0.2, 0) is 10.0 Å². The van der Waals surface area contributed by atoms with E-state index >= 15 is 0 Å². The molecule has 20 heavy (non-hydrogen) atoms. The lowest BCUT2D eigenvalue weighted by atomic mass is 10.2. The average Bonchev–Trinajstić information content (AvgIpc) is 2.38. The molecule has 1 amide bonds. The number of sulfonamides is 1. The number of rotatable bonds is 3. The summed E-state index contributed by atoms with van der Waals surface area (Å²) in [6.07, 6.45) is 1.48. The van der Waals surface area contributed by atoms with Gasteiger partial charge in [-0.2, -0.15) is 0 Å². The second-order valence-corrected chi connectivity index (χ2v) is 5.52. The second-order valence-electron chi connectivity index (χ2n) is 3.96. The summed E-state index contributed by atoms with van der Waals surface area (Å²) in [6, 6.07) is 8.61. The zero-order valence-electron chi connectivity index (χ0n) is 10.3. The summed E-state index contributed by atoms with van der Waals surface area (Å²) >= 11 is 0. The molecule has 0 spiro atoms. The molecule has 0 bridgehead atoms. The third-order valence-electron chi connectivity index (χ3n) is 2.52. The van der Waals surface area contributed by atoms with Gasteiger partial charge in [0.25, 0.3) is 5.91 Å². The van der Waals surface area contributed by atoms with Gasteiger partial charge in [-0.1, -0.05) is 0 Å². The number of nitrogens with one attached hydrogen (secondary N) is 1. The summed E-state index contributed by atoms with van der Waals surface area (Å²) in [7, 11) is -3.75. The fourth-order valence-electron chi connectivity index (χ4n) is 1.54. The number of benzene rings is 1. The van der Waals surface area contributed by atoms with Crippen molar-refractivity contribution in [1.82, 2.24) is 4.98 Å². The first kappa shape index (κ1) is 14.0. The highest BCUT2D eigenvalue weighted by Gasteiger charge is 2.11. The van der Waals surface area contributed by atoms with Crippen LogP contribution in [-0.4, -0.2) is 19.3 Å². The molecular weight excluding hydrogens is 280 g/mol. The molecule has 0 radical (unpaired) electrons. The van der Waals surface area contributed by atoms with Crippen LogP contribution >= 0.6 is 0 Å². The highest BCUT2D eigenvalue weighted by Crippen LogP contribution is 2.15. The first-order valence-corrected chi connectivity index (χ1v) is 7.07. The maximum Gasteiger partial charge on any atom is 0.259 e. The Balaban J connectivity index is 2.19. The molecule has 0 fully saturated rings. The predicted octanol–water partition coefficient (Wildman–Crippen LogP) is 0.563. The van der Waals surface area contributed by atoms with Gasteiger partial charge in [-0.3, -0.25) is 4.79 Å². The molecule has 7 nitrogen and oxygen atoms in total. The Bertz CT molecular complexity index is 742. The summed E-state index contributed by atoms with van der Waals surface area (Å²) < 4.78 is 22.2. The molecule has 2 rings (SSSR count). The minimum absolute atomic E-state index is 0.0311. The van der Waals surface area contributed by atoms with Gasteiger partial charge >= 0.3 is 0 Å². The number of primary sulfonamides is 1. The number of nitrogens with zero attached hydrogens (tertiary/aromatic N) is 1. The monoisotopic (exact) mass is 292 g/mol. The molecule has 104 valence electrons. The van der Waals surface area contributed by atoms with Crippen LogP contribution in [0.5, 0.6) is 0 Å². The molecule has 0 aliphatic rings. The molecule has 0 saturated carbocycles. The molecule has 0 atom stereocenters. The van der Waals surface area contributed by atoms with Crippen LogP contribution in [0.25, 0.3) is 0 Å². The van der Waals surface area contributed by atoms with Crippen molar-refractivity contribution in [3.05, 3.63) is 48.2 Å². The van der Waals surface area contributed by atoms with Crippen molar-refractivity contribution in [2.45, 2.75) is 4.90 Å². The Morgan fingerprint density at radius 3 is 2.35 bits per heavy atom. The first-order chi connectivity index (χ1) is 9.38.